The van der Waals surface area contributed by atoms with Crippen molar-refractivity contribution in [1.82, 2.24) is 5.32 Å². The summed E-state index contributed by atoms with van der Waals surface area (Å²) in [5.41, 5.74) is 4.04. The van der Waals surface area contributed by atoms with Crippen LogP contribution >= 0.6 is 0 Å². The van der Waals surface area contributed by atoms with Gasteiger partial charge in [-0.3, -0.25) is 0 Å². The second-order valence-electron chi connectivity index (χ2n) is 5.54. The molecule has 0 bridgehead atoms. The van der Waals surface area contributed by atoms with Gasteiger partial charge >= 0.3 is 5.97 Å². The quantitative estimate of drug-likeness (QED) is 0.842. The van der Waals surface area contributed by atoms with Crippen molar-refractivity contribution >= 4 is 5.97 Å². The van der Waals surface area contributed by atoms with E-state index in [1.165, 1.54) is 5.56 Å². The van der Waals surface area contributed by atoms with Gasteiger partial charge < -0.3 is 14.8 Å². The zero-order valence-corrected chi connectivity index (χ0v) is 12.1. The molecule has 4 nitrogen and oxygen atoms in total. The van der Waals surface area contributed by atoms with Crippen LogP contribution in [0.2, 0.25) is 0 Å². The number of esters is 1. The van der Waals surface area contributed by atoms with Crippen molar-refractivity contribution in [3.8, 4) is 0 Å². The topological polar surface area (TPSA) is 47.6 Å². The van der Waals surface area contributed by atoms with Gasteiger partial charge in [-0.15, -0.1) is 0 Å². The Balaban J connectivity index is 1.86. The Labute approximate surface area is 119 Å². The summed E-state index contributed by atoms with van der Waals surface area (Å²) in [6.45, 7) is 6.25. The van der Waals surface area contributed by atoms with E-state index in [4.69, 9.17) is 9.47 Å². The highest BCUT2D eigenvalue weighted by Gasteiger charge is 2.27. The summed E-state index contributed by atoms with van der Waals surface area (Å²) in [4.78, 5) is 11.6. The summed E-state index contributed by atoms with van der Waals surface area (Å²) in [5, 5.41) is 3.56. The number of hydrogen-bond donors (Lipinski definition) is 1. The van der Waals surface area contributed by atoms with Crippen LogP contribution in [0, 0.1) is 6.92 Å². The molecular formula is C16H21NO3. The predicted molar refractivity (Wildman–Crippen MR) is 75.7 cm³/mol. The fourth-order valence-corrected chi connectivity index (χ4v) is 3.05. The maximum Gasteiger partial charge on any atom is 0.338 e. The summed E-state index contributed by atoms with van der Waals surface area (Å²) in [5.74, 6) is -0.208. The number of cyclic esters (lactones) is 1. The zero-order valence-electron chi connectivity index (χ0n) is 12.1. The van der Waals surface area contributed by atoms with Crippen molar-refractivity contribution in [1.29, 1.82) is 0 Å². The van der Waals surface area contributed by atoms with Gasteiger partial charge in [0.1, 0.15) is 6.61 Å². The van der Waals surface area contributed by atoms with Gasteiger partial charge in [0, 0.05) is 24.8 Å². The summed E-state index contributed by atoms with van der Waals surface area (Å²) in [6, 6.07) is 4.43. The molecule has 2 unspecified atom stereocenters. The Kier molecular flexibility index (Phi) is 3.76. The van der Waals surface area contributed by atoms with Crippen molar-refractivity contribution in [3.05, 3.63) is 34.4 Å². The van der Waals surface area contributed by atoms with Crippen molar-refractivity contribution in [2.45, 2.75) is 45.4 Å². The van der Waals surface area contributed by atoms with Gasteiger partial charge in [-0.25, -0.2) is 4.79 Å². The molecule has 3 rings (SSSR count). The minimum absolute atomic E-state index is 0.0625. The van der Waals surface area contributed by atoms with E-state index < -0.39 is 0 Å². The molecule has 0 saturated carbocycles. The number of rotatable bonds is 2. The van der Waals surface area contributed by atoms with Crippen LogP contribution in [0.5, 0.6) is 0 Å². The number of ether oxygens (including phenoxy) is 2. The Hall–Kier alpha value is -1.39. The maximum atomic E-state index is 11.6. The van der Waals surface area contributed by atoms with Crippen molar-refractivity contribution in [3.63, 3.8) is 0 Å². The second kappa shape index (κ2) is 5.54. The number of nitrogens with one attached hydrogen (secondary N) is 1. The lowest BCUT2D eigenvalue weighted by atomic mass is 9.95. The highest BCUT2D eigenvalue weighted by Crippen LogP contribution is 2.31. The average molecular weight is 275 g/mol. The molecule has 0 spiro atoms. The largest absolute Gasteiger partial charge is 0.457 e. The molecule has 20 heavy (non-hydrogen) atoms. The van der Waals surface area contributed by atoms with E-state index in [9.17, 15) is 4.79 Å². The summed E-state index contributed by atoms with van der Waals surface area (Å²) < 4.78 is 11.1. The van der Waals surface area contributed by atoms with Crippen LogP contribution in [0.4, 0.5) is 0 Å². The van der Waals surface area contributed by atoms with E-state index in [1.807, 2.05) is 12.1 Å². The molecule has 1 fully saturated rings. The normalized spacial score (nSPS) is 26.0. The first-order chi connectivity index (χ1) is 9.70. The third kappa shape index (κ3) is 2.34. The van der Waals surface area contributed by atoms with E-state index in [2.05, 4.69) is 19.2 Å². The number of hydrogen-bond acceptors (Lipinski definition) is 4. The first-order valence-electron chi connectivity index (χ1n) is 7.35. The molecule has 1 saturated heterocycles. The lowest BCUT2D eigenvalue weighted by Crippen LogP contribution is -2.30. The highest BCUT2D eigenvalue weighted by molar-refractivity contribution is 5.93. The van der Waals surface area contributed by atoms with E-state index in [1.54, 1.807) is 0 Å². The Morgan fingerprint density at radius 2 is 2.25 bits per heavy atom. The molecule has 0 aromatic heterocycles. The number of benzene rings is 1. The van der Waals surface area contributed by atoms with Crippen LogP contribution in [0.1, 0.15) is 52.9 Å². The Morgan fingerprint density at radius 1 is 1.40 bits per heavy atom. The fourth-order valence-electron chi connectivity index (χ4n) is 3.05. The molecule has 1 N–H and O–H groups in total. The molecular weight excluding hydrogens is 254 g/mol. The molecule has 2 aliphatic heterocycles. The van der Waals surface area contributed by atoms with E-state index in [-0.39, 0.29) is 12.1 Å². The SMILES string of the molecule is CCC1CCOC(c2ccc3c(c2C)COC3=O)CN1. The van der Waals surface area contributed by atoms with Crippen LogP contribution in [0.25, 0.3) is 0 Å². The fraction of sp³-hybridized carbons (Fsp3) is 0.562. The van der Waals surface area contributed by atoms with Crippen molar-refractivity contribution in [2.24, 2.45) is 0 Å². The van der Waals surface area contributed by atoms with Gasteiger partial charge in [-0.05, 0) is 37.0 Å². The summed E-state index contributed by atoms with van der Waals surface area (Å²) >= 11 is 0. The smallest absolute Gasteiger partial charge is 0.338 e. The lowest BCUT2D eigenvalue weighted by molar-refractivity contribution is 0.0534. The van der Waals surface area contributed by atoms with E-state index in [0.717, 1.165) is 37.1 Å². The van der Waals surface area contributed by atoms with Crippen LogP contribution in [-0.4, -0.2) is 25.2 Å². The van der Waals surface area contributed by atoms with Gasteiger partial charge in [0.05, 0.1) is 11.7 Å². The van der Waals surface area contributed by atoms with Gasteiger partial charge in [-0.2, -0.15) is 0 Å². The van der Waals surface area contributed by atoms with Gasteiger partial charge in [-0.1, -0.05) is 13.0 Å². The predicted octanol–water partition coefficient (Wildman–Crippen LogP) is 2.50. The van der Waals surface area contributed by atoms with Crippen LogP contribution < -0.4 is 5.32 Å². The van der Waals surface area contributed by atoms with Gasteiger partial charge in [0.2, 0.25) is 0 Å². The monoisotopic (exact) mass is 275 g/mol. The highest BCUT2D eigenvalue weighted by atomic mass is 16.5. The number of fused-ring (bicyclic) bond motifs is 1. The maximum absolute atomic E-state index is 11.6. The van der Waals surface area contributed by atoms with Crippen molar-refractivity contribution in [2.75, 3.05) is 13.2 Å². The molecule has 0 radical (unpaired) electrons. The van der Waals surface area contributed by atoms with Crippen LogP contribution in [-0.2, 0) is 16.1 Å². The zero-order chi connectivity index (χ0) is 14.1. The Morgan fingerprint density at radius 3 is 3.05 bits per heavy atom. The average Bonchev–Trinajstić information content (AvgIpc) is 2.70. The first kappa shape index (κ1) is 13.6. The van der Waals surface area contributed by atoms with Crippen LogP contribution in [0.3, 0.4) is 0 Å². The first-order valence-corrected chi connectivity index (χ1v) is 7.35. The third-order valence-electron chi connectivity index (χ3n) is 4.42. The minimum atomic E-state index is -0.208. The molecule has 0 aliphatic carbocycles. The van der Waals surface area contributed by atoms with E-state index >= 15 is 0 Å². The second-order valence-corrected chi connectivity index (χ2v) is 5.54. The lowest BCUT2D eigenvalue weighted by Gasteiger charge is -2.19. The molecule has 108 valence electrons. The summed E-state index contributed by atoms with van der Waals surface area (Å²) in [7, 11) is 0. The van der Waals surface area contributed by atoms with Gasteiger partial charge in [0.25, 0.3) is 0 Å². The van der Waals surface area contributed by atoms with Crippen molar-refractivity contribution < 1.29 is 14.3 Å². The van der Waals surface area contributed by atoms with Crippen LogP contribution in [0.15, 0.2) is 12.1 Å². The molecule has 2 aliphatic rings. The summed E-state index contributed by atoms with van der Waals surface area (Å²) in [6.07, 6.45) is 2.24. The van der Waals surface area contributed by atoms with E-state index in [0.29, 0.717) is 18.2 Å². The van der Waals surface area contributed by atoms with Gasteiger partial charge in [0.15, 0.2) is 0 Å². The number of carbonyl (C=O) groups is 1. The molecule has 2 atom stereocenters. The molecule has 4 heteroatoms. The standard InChI is InChI=1S/C16H21NO3/c1-3-11-6-7-19-15(8-17-11)12-4-5-13-14(10(12)2)9-20-16(13)18/h4-5,11,15,17H,3,6-9H2,1-2H3. The molecule has 1 aromatic rings. The molecule has 1 aromatic carbocycles. The molecule has 0 amide bonds. The molecule has 2 heterocycles. The number of carbonyl (C=O) groups excluding carboxylic acids is 1. The Bertz CT molecular complexity index is 527. The minimum Gasteiger partial charge on any atom is -0.457 e. The third-order valence-corrected chi connectivity index (χ3v) is 4.42.